The highest BCUT2D eigenvalue weighted by atomic mass is 19.4. The van der Waals surface area contributed by atoms with E-state index in [1.807, 2.05) is 30.3 Å². The SMILES string of the molecule is CC(C)(C)OC(=O)N1C[C@@H](COCc2cc(C(F)(F)F)cc(C(F)(F)F)c2)[C@H](c2ccccc2)C1. The maximum absolute atomic E-state index is 13.1. The maximum Gasteiger partial charge on any atom is 0.416 e. The van der Waals surface area contributed by atoms with E-state index in [9.17, 15) is 31.1 Å². The van der Waals surface area contributed by atoms with E-state index in [2.05, 4.69) is 0 Å². The molecule has 1 aliphatic rings. The Hall–Kier alpha value is -2.75. The summed E-state index contributed by atoms with van der Waals surface area (Å²) in [5.41, 5.74) is -2.74. The van der Waals surface area contributed by atoms with Gasteiger partial charge in [-0.25, -0.2) is 4.79 Å². The topological polar surface area (TPSA) is 38.8 Å². The lowest BCUT2D eigenvalue weighted by Gasteiger charge is -2.24. The minimum Gasteiger partial charge on any atom is -0.444 e. The van der Waals surface area contributed by atoms with Crippen molar-refractivity contribution in [1.29, 1.82) is 0 Å². The Morgan fingerprint density at radius 1 is 0.914 bits per heavy atom. The van der Waals surface area contributed by atoms with Crippen LogP contribution in [-0.2, 0) is 28.4 Å². The quantitative estimate of drug-likeness (QED) is 0.417. The Labute approximate surface area is 199 Å². The standard InChI is InChI=1S/C25H27F6NO3/c1-23(2,3)35-22(33)32-12-18(21(13-32)17-7-5-4-6-8-17)15-34-14-16-9-19(24(26,27)28)11-20(10-16)25(29,30)31/h4-11,18,21H,12-15H2,1-3H3/t18-,21-/m0/s1. The number of halogens is 6. The second kappa shape index (κ2) is 10.1. The first-order valence-electron chi connectivity index (χ1n) is 11.0. The van der Waals surface area contributed by atoms with Gasteiger partial charge >= 0.3 is 18.4 Å². The summed E-state index contributed by atoms with van der Waals surface area (Å²) in [6.07, 6.45) is -10.3. The predicted octanol–water partition coefficient (Wildman–Crippen LogP) is 6.89. The van der Waals surface area contributed by atoms with Crippen LogP contribution in [0.1, 0.15) is 48.9 Å². The van der Waals surface area contributed by atoms with Gasteiger partial charge in [0.1, 0.15) is 5.60 Å². The van der Waals surface area contributed by atoms with Crippen LogP contribution in [0.2, 0.25) is 0 Å². The van der Waals surface area contributed by atoms with Crippen LogP contribution in [0.3, 0.4) is 0 Å². The molecule has 2 aromatic rings. The lowest BCUT2D eigenvalue weighted by molar-refractivity contribution is -0.143. The van der Waals surface area contributed by atoms with Crippen molar-refractivity contribution in [2.45, 2.75) is 51.2 Å². The number of hydrogen-bond donors (Lipinski definition) is 0. The molecule has 1 amide bonds. The molecule has 0 bridgehead atoms. The average molecular weight is 503 g/mol. The normalized spacial score (nSPS) is 19.2. The number of likely N-dealkylation sites (tertiary alicyclic amines) is 1. The van der Waals surface area contributed by atoms with Gasteiger partial charge in [-0.15, -0.1) is 0 Å². The molecule has 0 unspecified atom stereocenters. The lowest BCUT2D eigenvalue weighted by atomic mass is 9.89. The molecule has 3 rings (SSSR count). The third kappa shape index (κ3) is 7.37. The summed E-state index contributed by atoms with van der Waals surface area (Å²) >= 11 is 0. The summed E-state index contributed by atoms with van der Waals surface area (Å²) in [5, 5.41) is 0. The van der Waals surface area contributed by atoms with E-state index in [0.29, 0.717) is 18.7 Å². The van der Waals surface area contributed by atoms with Crippen LogP contribution in [0.4, 0.5) is 31.1 Å². The molecule has 2 atom stereocenters. The molecule has 10 heteroatoms. The molecule has 4 nitrogen and oxygen atoms in total. The van der Waals surface area contributed by atoms with Crippen LogP contribution >= 0.6 is 0 Å². The van der Waals surface area contributed by atoms with Crippen molar-refractivity contribution < 1.29 is 40.6 Å². The molecule has 1 aliphatic heterocycles. The zero-order valence-electron chi connectivity index (χ0n) is 19.5. The Kier molecular flexibility index (Phi) is 7.74. The van der Waals surface area contributed by atoms with Gasteiger partial charge in [0.25, 0.3) is 0 Å². The number of alkyl halides is 6. The molecule has 2 aromatic carbocycles. The van der Waals surface area contributed by atoms with Gasteiger partial charge in [0, 0.05) is 24.9 Å². The summed E-state index contributed by atoms with van der Waals surface area (Å²) < 4.78 is 89.8. The Morgan fingerprint density at radius 3 is 2.00 bits per heavy atom. The van der Waals surface area contributed by atoms with Crippen LogP contribution in [0.5, 0.6) is 0 Å². The zero-order valence-corrected chi connectivity index (χ0v) is 19.5. The Bertz CT molecular complexity index is 982. The fraction of sp³-hybridized carbons (Fsp3) is 0.480. The van der Waals surface area contributed by atoms with Crippen LogP contribution in [0, 0.1) is 5.92 Å². The van der Waals surface area contributed by atoms with Crippen molar-refractivity contribution in [3.05, 3.63) is 70.8 Å². The van der Waals surface area contributed by atoms with Gasteiger partial charge in [0.15, 0.2) is 0 Å². The number of ether oxygens (including phenoxy) is 2. The van der Waals surface area contributed by atoms with Crippen LogP contribution in [0.15, 0.2) is 48.5 Å². The van der Waals surface area contributed by atoms with Crippen molar-refractivity contribution in [1.82, 2.24) is 4.90 Å². The lowest BCUT2D eigenvalue weighted by Crippen LogP contribution is -2.35. The minimum atomic E-state index is -4.92. The fourth-order valence-corrected chi connectivity index (χ4v) is 4.02. The Morgan fingerprint density at radius 2 is 1.49 bits per heavy atom. The van der Waals surface area contributed by atoms with E-state index < -0.39 is 41.8 Å². The molecular weight excluding hydrogens is 476 g/mol. The molecule has 192 valence electrons. The molecule has 0 spiro atoms. The van der Waals surface area contributed by atoms with Crippen molar-refractivity contribution in [2.75, 3.05) is 19.7 Å². The summed E-state index contributed by atoms with van der Waals surface area (Å²) in [6.45, 7) is 5.50. The van der Waals surface area contributed by atoms with Crippen LogP contribution in [-0.4, -0.2) is 36.3 Å². The number of nitrogens with zero attached hydrogens (tertiary/aromatic N) is 1. The molecule has 0 aromatic heterocycles. The van der Waals surface area contributed by atoms with Gasteiger partial charge in [0.2, 0.25) is 0 Å². The van der Waals surface area contributed by atoms with E-state index >= 15 is 0 Å². The van der Waals surface area contributed by atoms with Crippen LogP contribution < -0.4 is 0 Å². The number of hydrogen-bond acceptors (Lipinski definition) is 3. The number of benzene rings is 2. The molecule has 1 fully saturated rings. The molecule has 1 heterocycles. The highest BCUT2D eigenvalue weighted by Gasteiger charge is 2.39. The van der Waals surface area contributed by atoms with Gasteiger partial charge in [-0.2, -0.15) is 26.3 Å². The van der Waals surface area contributed by atoms with E-state index in [-0.39, 0.29) is 36.6 Å². The second-order valence-electron chi connectivity index (χ2n) is 9.59. The number of rotatable bonds is 5. The average Bonchev–Trinajstić information content (AvgIpc) is 3.16. The Balaban J connectivity index is 1.75. The van der Waals surface area contributed by atoms with Crippen molar-refractivity contribution in [3.63, 3.8) is 0 Å². The first kappa shape index (κ1) is 26.8. The van der Waals surface area contributed by atoms with E-state index in [1.54, 1.807) is 25.7 Å². The molecule has 0 aliphatic carbocycles. The molecule has 35 heavy (non-hydrogen) atoms. The number of amides is 1. The third-order valence-electron chi connectivity index (χ3n) is 5.57. The third-order valence-corrected chi connectivity index (χ3v) is 5.57. The largest absolute Gasteiger partial charge is 0.444 e. The first-order chi connectivity index (χ1) is 16.1. The smallest absolute Gasteiger partial charge is 0.416 e. The zero-order chi connectivity index (χ0) is 26.0. The summed E-state index contributed by atoms with van der Waals surface area (Å²) in [6, 6.07) is 10.8. The highest BCUT2D eigenvalue weighted by Crippen LogP contribution is 2.37. The van der Waals surface area contributed by atoms with Crippen molar-refractivity contribution in [3.8, 4) is 0 Å². The van der Waals surface area contributed by atoms with Gasteiger partial charge in [-0.05, 0) is 50.1 Å². The van der Waals surface area contributed by atoms with Gasteiger partial charge < -0.3 is 14.4 Å². The van der Waals surface area contributed by atoms with Crippen molar-refractivity contribution in [2.24, 2.45) is 5.92 Å². The summed E-state index contributed by atoms with van der Waals surface area (Å²) in [7, 11) is 0. The van der Waals surface area contributed by atoms with Crippen molar-refractivity contribution >= 4 is 6.09 Å². The maximum atomic E-state index is 13.1. The summed E-state index contributed by atoms with van der Waals surface area (Å²) in [5.74, 6) is -0.353. The molecule has 0 radical (unpaired) electrons. The van der Waals surface area contributed by atoms with E-state index in [0.717, 1.165) is 5.56 Å². The van der Waals surface area contributed by atoms with Gasteiger partial charge in [-0.1, -0.05) is 30.3 Å². The molecular formula is C25H27F6NO3. The number of carbonyl (C=O) groups excluding carboxylic acids is 1. The summed E-state index contributed by atoms with van der Waals surface area (Å²) in [4.78, 5) is 14.1. The monoisotopic (exact) mass is 503 g/mol. The van der Waals surface area contributed by atoms with Gasteiger partial charge in [-0.3, -0.25) is 0 Å². The molecule has 0 saturated carbocycles. The minimum absolute atomic E-state index is 0.0382. The van der Waals surface area contributed by atoms with E-state index in [4.69, 9.17) is 9.47 Å². The van der Waals surface area contributed by atoms with Gasteiger partial charge in [0.05, 0.1) is 24.3 Å². The van der Waals surface area contributed by atoms with E-state index in [1.165, 1.54) is 0 Å². The molecule has 0 N–H and O–H groups in total. The number of carbonyl (C=O) groups is 1. The predicted molar refractivity (Wildman–Crippen MR) is 117 cm³/mol. The van der Waals surface area contributed by atoms with Crippen LogP contribution in [0.25, 0.3) is 0 Å². The molecule has 1 saturated heterocycles. The fourth-order valence-electron chi connectivity index (χ4n) is 4.02. The first-order valence-corrected chi connectivity index (χ1v) is 11.0. The highest BCUT2D eigenvalue weighted by molar-refractivity contribution is 5.68. The second-order valence-corrected chi connectivity index (χ2v) is 9.59.